The highest BCUT2D eigenvalue weighted by molar-refractivity contribution is 7.94. The van der Waals surface area contributed by atoms with Crippen molar-refractivity contribution in [1.82, 2.24) is 4.31 Å². The number of nitrogens with two attached hydrogens (primary N) is 1. The maximum atomic E-state index is 11.9. The Kier molecular flexibility index (Phi) is 2.33. The van der Waals surface area contributed by atoms with Gasteiger partial charge in [-0.15, -0.1) is 0 Å². The molecule has 2 aliphatic rings. The van der Waals surface area contributed by atoms with Gasteiger partial charge in [-0.2, -0.15) is 0 Å². The second-order valence-corrected chi connectivity index (χ2v) is 7.64. The van der Waals surface area contributed by atoms with Crippen molar-refractivity contribution in [3.8, 4) is 0 Å². The maximum absolute atomic E-state index is 11.9. The molecular formula is C9H14N2O3S2. The number of hydrogen-bond acceptors (Lipinski definition) is 4. The van der Waals surface area contributed by atoms with Gasteiger partial charge < -0.3 is 5.73 Å². The summed E-state index contributed by atoms with van der Waals surface area (Å²) in [7, 11) is -3.58. The SMILES string of the molecule is CC1(C)C(=O)N(C(C(N)=S)C2CC2)S1(=O)=O. The maximum Gasteiger partial charge on any atom is 0.259 e. The highest BCUT2D eigenvalue weighted by atomic mass is 32.2. The molecule has 2 N–H and O–H groups in total. The van der Waals surface area contributed by atoms with E-state index >= 15 is 0 Å². The van der Waals surface area contributed by atoms with E-state index in [0.717, 1.165) is 17.1 Å². The van der Waals surface area contributed by atoms with Crippen LogP contribution in [-0.4, -0.2) is 34.4 Å². The Morgan fingerprint density at radius 1 is 1.56 bits per heavy atom. The molecule has 0 aromatic rings. The molecule has 90 valence electrons. The number of carbonyl (C=O) groups is 1. The third kappa shape index (κ3) is 1.31. The van der Waals surface area contributed by atoms with Crippen LogP contribution in [0.15, 0.2) is 0 Å². The summed E-state index contributed by atoms with van der Waals surface area (Å²) in [5.41, 5.74) is 5.53. The molecule has 1 unspecified atom stereocenters. The van der Waals surface area contributed by atoms with E-state index in [1.807, 2.05) is 0 Å². The smallest absolute Gasteiger partial charge is 0.259 e. The van der Waals surface area contributed by atoms with Crippen LogP contribution in [0.4, 0.5) is 0 Å². The molecule has 0 spiro atoms. The Morgan fingerprint density at radius 3 is 2.38 bits per heavy atom. The van der Waals surface area contributed by atoms with E-state index < -0.39 is 26.7 Å². The number of carbonyl (C=O) groups excluding carboxylic acids is 1. The molecule has 1 aliphatic carbocycles. The zero-order chi connectivity index (χ0) is 12.3. The van der Waals surface area contributed by atoms with E-state index in [1.165, 1.54) is 13.8 Å². The Balaban J connectivity index is 2.36. The Hall–Kier alpha value is -0.690. The highest BCUT2D eigenvalue weighted by Crippen LogP contribution is 2.44. The Morgan fingerprint density at radius 2 is 2.06 bits per heavy atom. The minimum absolute atomic E-state index is 0.0925. The molecule has 1 saturated heterocycles. The summed E-state index contributed by atoms with van der Waals surface area (Å²) in [6.07, 6.45) is 1.75. The summed E-state index contributed by atoms with van der Waals surface area (Å²) in [4.78, 5) is 11.9. The van der Waals surface area contributed by atoms with Crippen LogP contribution in [0.25, 0.3) is 0 Å². The molecule has 16 heavy (non-hydrogen) atoms. The number of thiocarbonyl (C=S) groups is 1. The second-order valence-electron chi connectivity index (χ2n) is 4.80. The van der Waals surface area contributed by atoms with Crippen molar-refractivity contribution in [2.24, 2.45) is 11.7 Å². The van der Waals surface area contributed by atoms with E-state index in [9.17, 15) is 13.2 Å². The van der Waals surface area contributed by atoms with Crippen molar-refractivity contribution in [2.45, 2.75) is 37.5 Å². The third-order valence-electron chi connectivity index (χ3n) is 3.23. The average Bonchev–Trinajstić information content (AvgIpc) is 2.94. The lowest BCUT2D eigenvalue weighted by Gasteiger charge is -2.46. The van der Waals surface area contributed by atoms with Gasteiger partial charge in [0, 0.05) is 0 Å². The van der Waals surface area contributed by atoms with E-state index in [0.29, 0.717) is 0 Å². The van der Waals surface area contributed by atoms with Gasteiger partial charge in [-0.3, -0.25) is 4.79 Å². The van der Waals surface area contributed by atoms with Crippen LogP contribution >= 0.6 is 12.2 Å². The van der Waals surface area contributed by atoms with Crippen molar-refractivity contribution < 1.29 is 13.2 Å². The lowest BCUT2D eigenvalue weighted by Crippen LogP contribution is -2.71. The van der Waals surface area contributed by atoms with E-state index in [1.54, 1.807) is 0 Å². The summed E-state index contributed by atoms with van der Waals surface area (Å²) < 4.78 is 23.5. The van der Waals surface area contributed by atoms with Gasteiger partial charge in [0.15, 0.2) is 4.75 Å². The van der Waals surface area contributed by atoms with Crippen LogP contribution < -0.4 is 5.73 Å². The third-order valence-corrected chi connectivity index (χ3v) is 5.85. The summed E-state index contributed by atoms with van der Waals surface area (Å²) in [5, 5.41) is 0. The largest absolute Gasteiger partial charge is 0.392 e. The minimum atomic E-state index is -3.58. The zero-order valence-electron chi connectivity index (χ0n) is 9.13. The average molecular weight is 262 g/mol. The van der Waals surface area contributed by atoms with Gasteiger partial charge in [-0.05, 0) is 32.6 Å². The molecular weight excluding hydrogens is 248 g/mol. The minimum Gasteiger partial charge on any atom is -0.392 e. The first-order chi connectivity index (χ1) is 7.21. The van der Waals surface area contributed by atoms with Crippen molar-refractivity contribution >= 4 is 33.1 Å². The number of amides is 1. The van der Waals surface area contributed by atoms with Crippen LogP contribution in [0.2, 0.25) is 0 Å². The lowest BCUT2D eigenvalue weighted by atomic mass is 10.1. The van der Waals surface area contributed by atoms with Crippen LogP contribution in [0.1, 0.15) is 26.7 Å². The van der Waals surface area contributed by atoms with Gasteiger partial charge in [0.05, 0.1) is 4.99 Å². The lowest BCUT2D eigenvalue weighted by molar-refractivity contribution is -0.133. The molecule has 1 atom stereocenters. The number of nitrogens with zero attached hydrogens (tertiary/aromatic N) is 1. The molecule has 1 amide bonds. The molecule has 1 heterocycles. The number of sulfonamides is 1. The fourth-order valence-electron chi connectivity index (χ4n) is 1.92. The monoisotopic (exact) mass is 262 g/mol. The highest BCUT2D eigenvalue weighted by Gasteiger charge is 2.64. The van der Waals surface area contributed by atoms with Gasteiger partial charge in [-0.25, -0.2) is 12.7 Å². The topological polar surface area (TPSA) is 80.5 Å². The van der Waals surface area contributed by atoms with Crippen molar-refractivity contribution in [2.75, 3.05) is 0 Å². The Bertz CT molecular complexity index is 465. The summed E-state index contributed by atoms with van der Waals surface area (Å²) in [6, 6.07) is -0.611. The molecule has 5 nitrogen and oxygen atoms in total. The Labute approximate surface area is 100 Å². The molecule has 0 aromatic heterocycles. The quantitative estimate of drug-likeness (QED) is 0.724. The molecule has 2 fully saturated rings. The fraction of sp³-hybridized carbons (Fsp3) is 0.778. The van der Waals surface area contributed by atoms with Crippen LogP contribution in [0.5, 0.6) is 0 Å². The summed E-state index contributed by atoms with van der Waals surface area (Å²) in [5.74, 6) is -0.287. The molecule has 0 bridgehead atoms. The van der Waals surface area contributed by atoms with E-state index in [2.05, 4.69) is 0 Å². The zero-order valence-corrected chi connectivity index (χ0v) is 10.8. The molecule has 2 rings (SSSR count). The summed E-state index contributed by atoms with van der Waals surface area (Å²) >= 11 is 4.86. The molecule has 0 radical (unpaired) electrons. The van der Waals surface area contributed by atoms with Gasteiger partial charge in [0.1, 0.15) is 6.04 Å². The summed E-state index contributed by atoms with van der Waals surface area (Å²) in [6.45, 7) is 2.81. The van der Waals surface area contributed by atoms with Gasteiger partial charge in [0.2, 0.25) is 0 Å². The predicted molar refractivity (Wildman–Crippen MR) is 63.1 cm³/mol. The van der Waals surface area contributed by atoms with Crippen LogP contribution in [0.3, 0.4) is 0 Å². The predicted octanol–water partition coefficient (Wildman–Crippen LogP) is 0.00170. The van der Waals surface area contributed by atoms with Crippen LogP contribution in [0, 0.1) is 5.92 Å². The van der Waals surface area contributed by atoms with Crippen molar-refractivity contribution in [3.05, 3.63) is 0 Å². The normalized spacial score (nSPS) is 28.4. The number of hydrogen-bond donors (Lipinski definition) is 1. The first-order valence-electron chi connectivity index (χ1n) is 5.09. The van der Waals surface area contributed by atoms with Crippen molar-refractivity contribution in [1.29, 1.82) is 0 Å². The molecule has 7 heteroatoms. The van der Waals surface area contributed by atoms with Gasteiger partial charge in [-0.1, -0.05) is 12.2 Å². The molecule has 1 saturated carbocycles. The fourth-order valence-corrected chi connectivity index (χ4v) is 3.99. The van der Waals surface area contributed by atoms with Crippen LogP contribution in [-0.2, 0) is 14.8 Å². The van der Waals surface area contributed by atoms with E-state index in [4.69, 9.17) is 18.0 Å². The molecule has 0 aromatic carbocycles. The number of rotatable bonds is 3. The first-order valence-corrected chi connectivity index (χ1v) is 6.94. The standard InChI is InChI=1S/C9H14N2O3S2/c1-9(2)8(12)11(16(9,13)14)6(7(10)15)5-3-4-5/h5-6H,3-4H2,1-2H3,(H2,10,15). The molecule has 1 aliphatic heterocycles. The van der Waals surface area contributed by atoms with E-state index in [-0.39, 0.29) is 10.9 Å². The second kappa shape index (κ2) is 3.16. The van der Waals surface area contributed by atoms with Crippen molar-refractivity contribution in [3.63, 3.8) is 0 Å². The van der Waals surface area contributed by atoms with Gasteiger partial charge in [0.25, 0.3) is 15.9 Å². The first kappa shape index (κ1) is 11.8. The van der Waals surface area contributed by atoms with Gasteiger partial charge >= 0.3 is 0 Å².